The molecule has 0 bridgehead atoms. The zero-order chi connectivity index (χ0) is 15.2. The third-order valence-electron chi connectivity index (χ3n) is 3.92. The molecule has 1 saturated carbocycles. The highest BCUT2D eigenvalue weighted by atomic mass is 19.1. The van der Waals surface area contributed by atoms with Gasteiger partial charge in [0.1, 0.15) is 11.9 Å². The van der Waals surface area contributed by atoms with E-state index in [2.05, 4.69) is 10.6 Å². The minimum atomic E-state index is -0.517. The maximum Gasteiger partial charge on any atom is 0.243 e. The Morgan fingerprint density at radius 2 is 1.95 bits per heavy atom. The summed E-state index contributed by atoms with van der Waals surface area (Å²) in [5.74, 6) is -0.613. The molecule has 0 spiro atoms. The smallest absolute Gasteiger partial charge is 0.243 e. The van der Waals surface area contributed by atoms with E-state index in [1.54, 1.807) is 18.2 Å². The van der Waals surface area contributed by atoms with Gasteiger partial charge in [-0.1, -0.05) is 31.0 Å². The molecule has 2 amide bonds. The first-order valence-electron chi connectivity index (χ1n) is 7.36. The molecule has 0 heterocycles. The highest BCUT2D eigenvalue weighted by Crippen LogP contribution is 2.28. The van der Waals surface area contributed by atoms with Gasteiger partial charge < -0.3 is 10.6 Å². The molecule has 1 fully saturated rings. The standard InChI is InChI=1S/C16H21FN2O2/c1-11(20)19-15(12-6-2-3-7-12)16(21)18-10-13-8-4-5-9-14(13)17/h4-5,8-9,12,15H,2-3,6-7,10H2,1H3,(H,18,21)(H,19,20). The molecule has 2 rings (SSSR count). The number of halogens is 1. The van der Waals surface area contributed by atoms with Crippen molar-refractivity contribution in [3.8, 4) is 0 Å². The summed E-state index contributed by atoms with van der Waals surface area (Å²) in [6.45, 7) is 1.54. The molecule has 4 nitrogen and oxygen atoms in total. The molecule has 114 valence electrons. The van der Waals surface area contributed by atoms with Gasteiger partial charge in [0.2, 0.25) is 11.8 Å². The van der Waals surface area contributed by atoms with Crippen LogP contribution in [0.25, 0.3) is 0 Å². The Labute approximate surface area is 124 Å². The van der Waals surface area contributed by atoms with Gasteiger partial charge in [-0.05, 0) is 24.8 Å². The van der Waals surface area contributed by atoms with Crippen LogP contribution in [-0.2, 0) is 16.1 Å². The van der Waals surface area contributed by atoms with Gasteiger partial charge in [0.25, 0.3) is 0 Å². The Morgan fingerprint density at radius 3 is 2.57 bits per heavy atom. The van der Waals surface area contributed by atoms with Crippen molar-refractivity contribution in [3.63, 3.8) is 0 Å². The monoisotopic (exact) mass is 292 g/mol. The molecule has 21 heavy (non-hydrogen) atoms. The Balaban J connectivity index is 1.97. The third-order valence-corrected chi connectivity index (χ3v) is 3.92. The maximum atomic E-state index is 13.5. The first-order chi connectivity index (χ1) is 10.1. The molecule has 1 aromatic rings. The highest BCUT2D eigenvalue weighted by Gasteiger charge is 2.31. The van der Waals surface area contributed by atoms with Gasteiger partial charge >= 0.3 is 0 Å². The van der Waals surface area contributed by atoms with Gasteiger partial charge in [-0.2, -0.15) is 0 Å². The summed E-state index contributed by atoms with van der Waals surface area (Å²) in [7, 11) is 0. The molecule has 1 unspecified atom stereocenters. The van der Waals surface area contributed by atoms with Crippen molar-refractivity contribution in [1.82, 2.24) is 10.6 Å². The number of carbonyl (C=O) groups is 2. The van der Waals surface area contributed by atoms with E-state index in [1.807, 2.05) is 0 Å². The lowest BCUT2D eigenvalue weighted by molar-refractivity contribution is -0.129. The number of amides is 2. The van der Waals surface area contributed by atoms with Crippen LogP contribution in [-0.4, -0.2) is 17.9 Å². The van der Waals surface area contributed by atoms with Gasteiger partial charge in [0.05, 0.1) is 0 Å². The predicted molar refractivity (Wildman–Crippen MR) is 77.8 cm³/mol. The molecule has 1 aromatic carbocycles. The number of benzene rings is 1. The lowest BCUT2D eigenvalue weighted by Crippen LogP contribution is -2.49. The lowest BCUT2D eigenvalue weighted by atomic mass is 9.97. The molecule has 0 radical (unpaired) electrons. The van der Waals surface area contributed by atoms with Crippen LogP contribution in [0.4, 0.5) is 4.39 Å². The zero-order valence-corrected chi connectivity index (χ0v) is 12.2. The molecule has 5 heteroatoms. The van der Waals surface area contributed by atoms with E-state index < -0.39 is 6.04 Å². The Hall–Kier alpha value is -1.91. The highest BCUT2D eigenvalue weighted by molar-refractivity contribution is 5.87. The summed E-state index contributed by atoms with van der Waals surface area (Å²) in [4.78, 5) is 23.6. The average Bonchev–Trinajstić information content (AvgIpc) is 2.97. The second-order valence-electron chi connectivity index (χ2n) is 5.53. The molecule has 2 N–H and O–H groups in total. The van der Waals surface area contributed by atoms with Crippen molar-refractivity contribution in [2.75, 3.05) is 0 Å². The fourth-order valence-electron chi connectivity index (χ4n) is 2.84. The molecule has 1 aliphatic carbocycles. The van der Waals surface area contributed by atoms with E-state index in [9.17, 15) is 14.0 Å². The Bertz CT molecular complexity index is 513. The Kier molecular flexibility index (Phi) is 5.31. The topological polar surface area (TPSA) is 58.2 Å². The van der Waals surface area contributed by atoms with Crippen LogP contribution in [0.2, 0.25) is 0 Å². The lowest BCUT2D eigenvalue weighted by Gasteiger charge is -2.23. The zero-order valence-electron chi connectivity index (χ0n) is 12.2. The average molecular weight is 292 g/mol. The number of nitrogens with one attached hydrogen (secondary N) is 2. The fourth-order valence-corrected chi connectivity index (χ4v) is 2.84. The molecular weight excluding hydrogens is 271 g/mol. The number of carbonyl (C=O) groups excluding carboxylic acids is 2. The quantitative estimate of drug-likeness (QED) is 0.873. The second kappa shape index (κ2) is 7.20. The third kappa shape index (κ3) is 4.28. The predicted octanol–water partition coefficient (Wildman–Crippen LogP) is 2.14. The minimum Gasteiger partial charge on any atom is -0.350 e. The van der Waals surface area contributed by atoms with Gasteiger partial charge in [0, 0.05) is 19.0 Å². The molecule has 0 aliphatic heterocycles. The van der Waals surface area contributed by atoms with Crippen molar-refractivity contribution in [3.05, 3.63) is 35.6 Å². The number of hydrogen-bond acceptors (Lipinski definition) is 2. The summed E-state index contributed by atoms with van der Waals surface area (Å²) >= 11 is 0. The SMILES string of the molecule is CC(=O)NC(C(=O)NCc1ccccc1F)C1CCCC1. The van der Waals surface area contributed by atoms with E-state index in [4.69, 9.17) is 0 Å². The first-order valence-corrected chi connectivity index (χ1v) is 7.36. The van der Waals surface area contributed by atoms with E-state index in [-0.39, 0.29) is 30.1 Å². The minimum absolute atomic E-state index is 0.133. The summed E-state index contributed by atoms with van der Waals surface area (Å²) < 4.78 is 13.5. The molecule has 1 aliphatic rings. The van der Waals surface area contributed by atoms with Crippen molar-refractivity contribution in [1.29, 1.82) is 0 Å². The van der Waals surface area contributed by atoms with Crippen LogP contribution in [0.3, 0.4) is 0 Å². The summed E-state index contributed by atoms with van der Waals surface area (Å²) in [5, 5.41) is 5.46. The summed E-state index contributed by atoms with van der Waals surface area (Å²) in [5.41, 5.74) is 0.443. The van der Waals surface area contributed by atoms with Crippen molar-refractivity contribution in [2.24, 2.45) is 5.92 Å². The molecule has 0 saturated heterocycles. The van der Waals surface area contributed by atoms with Crippen LogP contribution in [0, 0.1) is 11.7 Å². The Morgan fingerprint density at radius 1 is 1.29 bits per heavy atom. The molecular formula is C16H21FN2O2. The van der Waals surface area contributed by atoms with Crippen molar-refractivity contribution >= 4 is 11.8 Å². The van der Waals surface area contributed by atoms with Crippen LogP contribution >= 0.6 is 0 Å². The van der Waals surface area contributed by atoms with E-state index in [0.29, 0.717) is 5.56 Å². The van der Waals surface area contributed by atoms with Crippen LogP contribution in [0.15, 0.2) is 24.3 Å². The van der Waals surface area contributed by atoms with Crippen molar-refractivity contribution in [2.45, 2.75) is 45.2 Å². The summed E-state index contributed by atoms with van der Waals surface area (Å²) in [6.07, 6.45) is 4.05. The van der Waals surface area contributed by atoms with Gasteiger partial charge in [-0.15, -0.1) is 0 Å². The van der Waals surface area contributed by atoms with E-state index in [0.717, 1.165) is 25.7 Å². The van der Waals surface area contributed by atoms with Crippen LogP contribution in [0.5, 0.6) is 0 Å². The van der Waals surface area contributed by atoms with Gasteiger partial charge in [-0.25, -0.2) is 4.39 Å². The summed E-state index contributed by atoms with van der Waals surface area (Å²) in [6, 6.07) is 5.82. The molecule has 0 aromatic heterocycles. The van der Waals surface area contributed by atoms with E-state index in [1.165, 1.54) is 13.0 Å². The van der Waals surface area contributed by atoms with Crippen LogP contribution < -0.4 is 10.6 Å². The van der Waals surface area contributed by atoms with E-state index >= 15 is 0 Å². The number of hydrogen-bond donors (Lipinski definition) is 2. The largest absolute Gasteiger partial charge is 0.350 e. The first kappa shape index (κ1) is 15.5. The fraction of sp³-hybridized carbons (Fsp3) is 0.500. The van der Waals surface area contributed by atoms with Crippen LogP contribution in [0.1, 0.15) is 38.2 Å². The molecule has 1 atom stereocenters. The van der Waals surface area contributed by atoms with Gasteiger partial charge in [0.15, 0.2) is 0 Å². The maximum absolute atomic E-state index is 13.5. The van der Waals surface area contributed by atoms with Crippen molar-refractivity contribution < 1.29 is 14.0 Å². The normalized spacial score (nSPS) is 16.5. The van der Waals surface area contributed by atoms with Gasteiger partial charge in [-0.3, -0.25) is 9.59 Å². The number of rotatable bonds is 5. The second-order valence-corrected chi connectivity index (χ2v) is 5.53.